The predicted octanol–water partition coefficient (Wildman–Crippen LogP) is 4.09. The maximum atomic E-state index is 12.1. The van der Waals surface area contributed by atoms with Crippen molar-refractivity contribution in [2.75, 3.05) is 6.61 Å². The number of hydrogen-bond donors (Lipinski definition) is 2. The fourth-order valence-electron chi connectivity index (χ4n) is 3.12. The predicted molar refractivity (Wildman–Crippen MR) is 110 cm³/mol. The number of carboxylic acid groups (broad SMARTS) is 1. The Morgan fingerprint density at radius 3 is 2.43 bits per heavy atom. The first-order valence-electron chi connectivity index (χ1n) is 9.66. The number of benzene rings is 2. The molecule has 2 aromatic rings. The minimum absolute atomic E-state index is 0.224. The van der Waals surface area contributed by atoms with Crippen molar-refractivity contribution in [1.29, 1.82) is 0 Å². The van der Waals surface area contributed by atoms with E-state index in [0.717, 1.165) is 11.3 Å². The SMILES string of the molecule is Cc1cc(OCCCC(=O)NC(Cc2ccccc2)C(=O)O)ccc1C(C)C. The van der Waals surface area contributed by atoms with E-state index in [0.29, 0.717) is 18.9 Å². The van der Waals surface area contributed by atoms with Crippen LogP contribution in [0.2, 0.25) is 0 Å². The number of amides is 1. The van der Waals surface area contributed by atoms with Crippen molar-refractivity contribution in [3.05, 3.63) is 65.2 Å². The minimum Gasteiger partial charge on any atom is -0.494 e. The van der Waals surface area contributed by atoms with Gasteiger partial charge in [-0.15, -0.1) is 0 Å². The summed E-state index contributed by atoms with van der Waals surface area (Å²) >= 11 is 0. The molecule has 0 saturated carbocycles. The third-order valence-corrected chi connectivity index (χ3v) is 4.60. The second-order valence-corrected chi connectivity index (χ2v) is 7.27. The van der Waals surface area contributed by atoms with Crippen LogP contribution >= 0.6 is 0 Å². The maximum absolute atomic E-state index is 12.1. The van der Waals surface area contributed by atoms with Gasteiger partial charge in [0, 0.05) is 12.8 Å². The molecule has 150 valence electrons. The van der Waals surface area contributed by atoms with E-state index >= 15 is 0 Å². The van der Waals surface area contributed by atoms with Gasteiger partial charge in [-0.2, -0.15) is 0 Å². The van der Waals surface area contributed by atoms with Crippen molar-refractivity contribution in [2.24, 2.45) is 0 Å². The van der Waals surface area contributed by atoms with Gasteiger partial charge < -0.3 is 15.2 Å². The van der Waals surface area contributed by atoms with Crippen LogP contribution in [0.25, 0.3) is 0 Å². The van der Waals surface area contributed by atoms with Crippen LogP contribution in [0.1, 0.15) is 49.3 Å². The lowest BCUT2D eigenvalue weighted by atomic mass is 9.98. The first kappa shape index (κ1) is 21.5. The van der Waals surface area contributed by atoms with Crippen molar-refractivity contribution in [1.82, 2.24) is 5.32 Å². The van der Waals surface area contributed by atoms with E-state index in [1.54, 1.807) is 0 Å². The van der Waals surface area contributed by atoms with Crippen LogP contribution in [0.4, 0.5) is 0 Å². The van der Waals surface area contributed by atoms with E-state index in [4.69, 9.17) is 4.74 Å². The summed E-state index contributed by atoms with van der Waals surface area (Å²) in [4.78, 5) is 23.5. The molecule has 5 nitrogen and oxygen atoms in total. The number of aryl methyl sites for hydroxylation is 1. The number of rotatable bonds is 10. The molecule has 0 saturated heterocycles. The third-order valence-electron chi connectivity index (χ3n) is 4.60. The van der Waals surface area contributed by atoms with Gasteiger partial charge in [0.15, 0.2) is 0 Å². The molecule has 0 spiro atoms. The smallest absolute Gasteiger partial charge is 0.326 e. The Kier molecular flexibility index (Phi) is 8.05. The van der Waals surface area contributed by atoms with Crippen LogP contribution in [-0.2, 0) is 16.0 Å². The van der Waals surface area contributed by atoms with Crippen LogP contribution < -0.4 is 10.1 Å². The number of hydrogen-bond acceptors (Lipinski definition) is 3. The molecule has 0 aromatic heterocycles. The topological polar surface area (TPSA) is 75.6 Å². The molecule has 2 N–H and O–H groups in total. The Balaban J connectivity index is 1.77. The van der Waals surface area contributed by atoms with Gasteiger partial charge in [0.05, 0.1) is 6.61 Å². The molecule has 2 aromatic carbocycles. The Bertz CT molecular complexity index is 786. The van der Waals surface area contributed by atoms with Crippen LogP contribution in [-0.4, -0.2) is 29.6 Å². The molecule has 0 heterocycles. The first-order valence-corrected chi connectivity index (χ1v) is 9.66. The van der Waals surface area contributed by atoms with Gasteiger partial charge in [0.2, 0.25) is 5.91 Å². The molecule has 2 rings (SSSR count). The standard InChI is InChI=1S/C23H29NO4/c1-16(2)20-12-11-19(14-17(20)3)28-13-7-10-22(25)24-21(23(26)27)15-18-8-5-4-6-9-18/h4-6,8-9,11-12,14,16,21H,7,10,13,15H2,1-3H3,(H,24,25)(H,26,27). The van der Waals surface area contributed by atoms with Crippen LogP contribution in [0.5, 0.6) is 5.75 Å². The van der Waals surface area contributed by atoms with E-state index in [2.05, 4.69) is 32.2 Å². The van der Waals surface area contributed by atoms with Crippen molar-refractivity contribution in [3.63, 3.8) is 0 Å². The largest absolute Gasteiger partial charge is 0.494 e. The lowest BCUT2D eigenvalue weighted by molar-refractivity contribution is -0.141. The number of carbonyl (C=O) groups is 2. The number of nitrogens with one attached hydrogen (secondary N) is 1. The second-order valence-electron chi connectivity index (χ2n) is 7.27. The Hall–Kier alpha value is -2.82. The lowest BCUT2D eigenvalue weighted by Gasteiger charge is -2.15. The quantitative estimate of drug-likeness (QED) is 0.606. The summed E-state index contributed by atoms with van der Waals surface area (Å²) in [5.41, 5.74) is 3.36. The summed E-state index contributed by atoms with van der Waals surface area (Å²) in [5.74, 6) is -0.0574. The molecule has 0 aliphatic heterocycles. The highest BCUT2D eigenvalue weighted by atomic mass is 16.5. The lowest BCUT2D eigenvalue weighted by Crippen LogP contribution is -2.42. The van der Waals surface area contributed by atoms with E-state index in [1.165, 1.54) is 11.1 Å². The van der Waals surface area contributed by atoms with E-state index in [9.17, 15) is 14.7 Å². The fraction of sp³-hybridized carbons (Fsp3) is 0.391. The minimum atomic E-state index is -1.03. The van der Waals surface area contributed by atoms with E-state index in [1.807, 2.05) is 42.5 Å². The number of carbonyl (C=O) groups excluding carboxylic acids is 1. The van der Waals surface area contributed by atoms with Crippen LogP contribution in [0.15, 0.2) is 48.5 Å². The Morgan fingerprint density at radius 2 is 1.82 bits per heavy atom. The first-order chi connectivity index (χ1) is 13.4. The summed E-state index contributed by atoms with van der Waals surface area (Å²) in [6.07, 6.45) is 1.01. The van der Waals surface area contributed by atoms with Crippen LogP contribution in [0, 0.1) is 6.92 Å². The molecule has 0 aliphatic rings. The Labute approximate surface area is 166 Å². The van der Waals surface area contributed by atoms with Gasteiger partial charge in [-0.1, -0.05) is 50.2 Å². The second kappa shape index (κ2) is 10.5. The zero-order valence-corrected chi connectivity index (χ0v) is 16.8. The van der Waals surface area contributed by atoms with Gasteiger partial charge in [-0.25, -0.2) is 4.79 Å². The molecule has 0 radical (unpaired) electrons. The summed E-state index contributed by atoms with van der Waals surface area (Å²) in [6.45, 7) is 6.78. The fourth-order valence-corrected chi connectivity index (χ4v) is 3.12. The van der Waals surface area contributed by atoms with Crippen molar-refractivity contribution < 1.29 is 19.4 Å². The zero-order valence-electron chi connectivity index (χ0n) is 16.8. The van der Waals surface area contributed by atoms with Crippen molar-refractivity contribution in [3.8, 4) is 5.75 Å². The maximum Gasteiger partial charge on any atom is 0.326 e. The number of ether oxygens (including phenoxy) is 1. The highest BCUT2D eigenvalue weighted by Crippen LogP contribution is 2.23. The summed E-state index contributed by atoms with van der Waals surface area (Å²) in [6, 6.07) is 14.4. The van der Waals surface area contributed by atoms with Gasteiger partial charge in [0.25, 0.3) is 0 Å². The zero-order chi connectivity index (χ0) is 20.5. The van der Waals surface area contributed by atoms with Gasteiger partial charge in [-0.05, 0) is 48.1 Å². The molecule has 1 amide bonds. The highest BCUT2D eigenvalue weighted by molar-refractivity contribution is 5.83. The molecule has 0 aliphatic carbocycles. The van der Waals surface area contributed by atoms with E-state index < -0.39 is 12.0 Å². The summed E-state index contributed by atoms with van der Waals surface area (Å²) in [7, 11) is 0. The normalized spacial score (nSPS) is 11.9. The highest BCUT2D eigenvalue weighted by Gasteiger charge is 2.20. The van der Waals surface area contributed by atoms with E-state index in [-0.39, 0.29) is 18.7 Å². The van der Waals surface area contributed by atoms with Crippen molar-refractivity contribution in [2.45, 2.75) is 52.0 Å². The molecule has 1 unspecified atom stereocenters. The summed E-state index contributed by atoms with van der Waals surface area (Å²) < 4.78 is 5.72. The summed E-state index contributed by atoms with van der Waals surface area (Å²) in [5, 5.41) is 12.0. The average Bonchev–Trinajstić information content (AvgIpc) is 2.65. The van der Waals surface area contributed by atoms with Gasteiger partial charge >= 0.3 is 5.97 Å². The Morgan fingerprint density at radius 1 is 1.11 bits per heavy atom. The third kappa shape index (κ3) is 6.72. The molecule has 0 bridgehead atoms. The molecule has 28 heavy (non-hydrogen) atoms. The van der Waals surface area contributed by atoms with Gasteiger partial charge in [-0.3, -0.25) is 4.79 Å². The number of aliphatic carboxylic acids is 1. The number of carboxylic acids is 1. The van der Waals surface area contributed by atoms with Gasteiger partial charge in [0.1, 0.15) is 11.8 Å². The molecule has 5 heteroatoms. The molecular weight excluding hydrogens is 354 g/mol. The van der Waals surface area contributed by atoms with Crippen molar-refractivity contribution >= 4 is 11.9 Å². The molecule has 0 fully saturated rings. The molecular formula is C23H29NO4. The average molecular weight is 383 g/mol. The van der Waals surface area contributed by atoms with Crippen LogP contribution in [0.3, 0.4) is 0 Å². The monoisotopic (exact) mass is 383 g/mol. The molecule has 1 atom stereocenters.